The fourth-order valence-corrected chi connectivity index (χ4v) is 11.0. The molecule has 5 heterocycles. The molecule has 0 aliphatic carbocycles. The fourth-order valence-electron chi connectivity index (χ4n) is 11.0. The fraction of sp³-hybridized carbons (Fsp3) is 0.357. The van der Waals surface area contributed by atoms with Gasteiger partial charge in [0.25, 0.3) is 0 Å². The average Bonchev–Trinajstić information content (AvgIpc) is 4.31. The molecule has 392 valence electrons. The highest BCUT2D eigenvalue weighted by molar-refractivity contribution is 6.00. The Morgan fingerprint density at radius 3 is 0.908 bits per heavy atom. The molecular formula is C70H80N4O2. The highest BCUT2D eigenvalue weighted by atomic mass is 16.5. The summed E-state index contributed by atoms with van der Waals surface area (Å²) in [5.41, 5.74) is 19.4. The molecule has 0 saturated carbocycles. The molecule has 0 atom stereocenters. The van der Waals surface area contributed by atoms with Gasteiger partial charge in [0, 0.05) is 44.3 Å². The van der Waals surface area contributed by atoms with Crippen LogP contribution in [0.4, 0.5) is 0 Å². The zero-order chi connectivity index (χ0) is 52.5. The largest absolute Gasteiger partial charge is 0.462 e. The van der Waals surface area contributed by atoms with Crippen molar-refractivity contribution in [1.82, 2.24) is 19.9 Å². The van der Waals surface area contributed by atoms with Crippen molar-refractivity contribution in [3.63, 3.8) is 0 Å². The lowest BCUT2D eigenvalue weighted by Gasteiger charge is -2.08. The standard InChI is InChI=1S/C70H80N4O2/c1-5-6-7-8-9-10-11-12-13-14-15-16-17-18-19-20-21-22-23-24-49-76-70(75)57-39-37-56(38-40-57)69-64-47-45-62(73-64)67(54-33-27-51(3)28-34-54)60-43-41-58(71-60)66(53-31-25-50(2)26-32-53)59-42-44-61(72-59)68(63-46-48-65(69)74-63)55-35-29-52(4)30-36-55/h25-48,71,74H,5-24,49H2,1-4H3. The van der Waals surface area contributed by atoms with E-state index >= 15 is 0 Å². The van der Waals surface area contributed by atoms with E-state index in [0.717, 1.165) is 102 Å². The van der Waals surface area contributed by atoms with Gasteiger partial charge in [-0.2, -0.15) is 0 Å². The molecular weight excluding hydrogens is 929 g/mol. The van der Waals surface area contributed by atoms with E-state index in [1.165, 1.54) is 132 Å². The Balaban J connectivity index is 0.920. The Labute approximate surface area is 453 Å². The molecule has 2 aliphatic heterocycles. The highest BCUT2D eigenvalue weighted by Crippen LogP contribution is 2.39. The Kier molecular flexibility index (Phi) is 19.2. The van der Waals surface area contributed by atoms with E-state index in [4.69, 9.17) is 14.7 Å². The number of fused-ring (bicyclic) bond motifs is 8. The van der Waals surface area contributed by atoms with Crippen LogP contribution in [0.15, 0.2) is 121 Å². The smallest absolute Gasteiger partial charge is 0.338 e. The molecule has 0 fully saturated rings. The van der Waals surface area contributed by atoms with Crippen molar-refractivity contribution in [1.29, 1.82) is 0 Å². The van der Waals surface area contributed by atoms with E-state index in [2.05, 4.69) is 159 Å². The van der Waals surface area contributed by atoms with Crippen molar-refractivity contribution < 1.29 is 9.53 Å². The van der Waals surface area contributed by atoms with Gasteiger partial charge in [0.15, 0.2) is 0 Å². The van der Waals surface area contributed by atoms with E-state index in [1.54, 1.807) is 0 Å². The number of carbonyl (C=O) groups excluding carboxylic acids is 1. The molecule has 0 radical (unpaired) electrons. The number of ether oxygens (including phenoxy) is 1. The van der Waals surface area contributed by atoms with Gasteiger partial charge < -0.3 is 14.7 Å². The lowest BCUT2D eigenvalue weighted by atomic mass is 10.0. The van der Waals surface area contributed by atoms with E-state index < -0.39 is 0 Å². The molecule has 2 aliphatic rings. The van der Waals surface area contributed by atoms with Crippen molar-refractivity contribution in [2.24, 2.45) is 0 Å². The maximum absolute atomic E-state index is 13.4. The van der Waals surface area contributed by atoms with Crippen LogP contribution in [0.2, 0.25) is 0 Å². The minimum absolute atomic E-state index is 0.285. The second-order valence-corrected chi connectivity index (χ2v) is 21.5. The third kappa shape index (κ3) is 14.1. The number of nitrogens with one attached hydrogen (secondary N) is 2. The number of esters is 1. The topological polar surface area (TPSA) is 83.7 Å². The molecule has 6 nitrogen and oxygen atoms in total. The number of aromatic amines is 2. The zero-order valence-corrected chi connectivity index (χ0v) is 45.9. The van der Waals surface area contributed by atoms with Gasteiger partial charge in [-0.05, 0) is 110 Å². The second-order valence-electron chi connectivity index (χ2n) is 21.5. The van der Waals surface area contributed by atoms with Crippen LogP contribution in [-0.2, 0) is 4.74 Å². The lowest BCUT2D eigenvalue weighted by molar-refractivity contribution is 0.0497. The van der Waals surface area contributed by atoms with Gasteiger partial charge in [-0.3, -0.25) is 0 Å². The Morgan fingerprint density at radius 1 is 0.355 bits per heavy atom. The van der Waals surface area contributed by atoms with Crippen LogP contribution < -0.4 is 0 Å². The van der Waals surface area contributed by atoms with Crippen molar-refractivity contribution in [2.45, 2.75) is 156 Å². The summed E-state index contributed by atoms with van der Waals surface area (Å²) in [5, 5.41) is 0. The molecule has 7 aromatic rings. The average molecular weight is 1010 g/mol. The Bertz CT molecular complexity index is 3200. The van der Waals surface area contributed by atoms with Crippen LogP contribution in [-0.4, -0.2) is 32.5 Å². The zero-order valence-electron chi connectivity index (χ0n) is 45.9. The number of nitrogens with zero attached hydrogens (tertiary/aromatic N) is 2. The van der Waals surface area contributed by atoms with Crippen LogP contribution in [0.25, 0.3) is 90.9 Å². The summed E-state index contributed by atoms with van der Waals surface area (Å²) in [7, 11) is 0. The molecule has 0 saturated heterocycles. The molecule has 0 amide bonds. The molecule has 8 bridgehead atoms. The summed E-state index contributed by atoms with van der Waals surface area (Å²) < 4.78 is 5.83. The van der Waals surface area contributed by atoms with Gasteiger partial charge in [-0.15, -0.1) is 0 Å². The SMILES string of the molecule is CCCCCCCCCCCCCCCCCCCCCCOC(=O)c1ccc(-c2c3nc(c(-c4ccc(C)cc4)c4ccc([nH]4)c(-c4ccc(C)cc4)c4nc(c(-c5ccc(C)cc5)c5ccc2[nH]5)C=C4)C=C3)cc1. The van der Waals surface area contributed by atoms with Gasteiger partial charge >= 0.3 is 5.97 Å². The summed E-state index contributed by atoms with van der Waals surface area (Å²) in [6.07, 6.45) is 35.3. The molecule has 76 heavy (non-hydrogen) atoms. The monoisotopic (exact) mass is 1010 g/mol. The van der Waals surface area contributed by atoms with Crippen LogP contribution in [0.5, 0.6) is 0 Å². The first kappa shape index (κ1) is 53.8. The lowest BCUT2D eigenvalue weighted by Crippen LogP contribution is -2.06. The number of unbranched alkanes of at least 4 members (excludes halogenated alkanes) is 19. The van der Waals surface area contributed by atoms with E-state index in [-0.39, 0.29) is 5.97 Å². The molecule has 0 spiro atoms. The van der Waals surface area contributed by atoms with E-state index in [9.17, 15) is 4.79 Å². The van der Waals surface area contributed by atoms with Crippen LogP contribution in [0, 0.1) is 20.8 Å². The third-order valence-corrected chi connectivity index (χ3v) is 15.4. The van der Waals surface area contributed by atoms with Gasteiger partial charge in [0.05, 0.1) is 34.9 Å². The molecule has 9 rings (SSSR count). The van der Waals surface area contributed by atoms with Gasteiger partial charge in [-0.25, -0.2) is 14.8 Å². The van der Waals surface area contributed by atoms with Gasteiger partial charge in [0.2, 0.25) is 0 Å². The highest BCUT2D eigenvalue weighted by Gasteiger charge is 2.20. The minimum atomic E-state index is -0.285. The van der Waals surface area contributed by atoms with Crippen molar-refractivity contribution in [2.75, 3.05) is 6.61 Å². The second kappa shape index (κ2) is 27.1. The van der Waals surface area contributed by atoms with Crippen LogP contribution in [0.1, 0.15) is 185 Å². The number of benzene rings is 4. The third-order valence-electron chi connectivity index (χ3n) is 15.4. The van der Waals surface area contributed by atoms with Crippen LogP contribution in [0.3, 0.4) is 0 Å². The summed E-state index contributed by atoms with van der Waals surface area (Å²) >= 11 is 0. The number of hydrogen-bond donors (Lipinski definition) is 2. The predicted molar refractivity (Wildman–Crippen MR) is 323 cm³/mol. The maximum atomic E-state index is 13.4. The van der Waals surface area contributed by atoms with Crippen molar-refractivity contribution in [3.05, 3.63) is 166 Å². The first-order valence-electron chi connectivity index (χ1n) is 29.0. The number of H-pyrrole nitrogens is 2. The first-order chi connectivity index (χ1) is 37.3. The molecule has 4 aromatic carbocycles. The van der Waals surface area contributed by atoms with E-state index in [1.807, 2.05) is 24.3 Å². The normalized spacial score (nSPS) is 11.9. The van der Waals surface area contributed by atoms with Crippen molar-refractivity contribution >= 4 is 52.3 Å². The van der Waals surface area contributed by atoms with Gasteiger partial charge in [-0.1, -0.05) is 231 Å². The molecule has 0 unspecified atom stereocenters. The van der Waals surface area contributed by atoms with Crippen molar-refractivity contribution in [3.8, 4) is 44.5 Å². The number of hydrogen-bond acceptors (Lipinski definition) is 4. The quantitative estimate of drug-likeness (QED) is 0.0418. The summed E-state index contributed by atoms with van der Waals surface area (Å²) in [4.78, 5) is 32.1. The summed E-state index contributed by atoms with van der Waals surface area (Å²) in [6.45, 7) is 9.09. The predicted octanol–water partition coefficient (Wildman–Crippen LogP) is 20.2. The number of aromatic nitrogens is 4. The summed E-state index contributed by atoms with van der Waals surface area (Å²) in [5.74, 6) is -0.285. The molecule has 3 aromatic heterocycles. The van der Waals surface area contributed by atoms with Gasteiger partial charge in [0.1, 0.15) is 0 Å². The summed E-state index contributed by atoms with van der Waals surface area (Å²) in [6, 6.07) is 42.5. The Morgan fingerprint density at radius 2 is 0.618 bits per heavy atom. The number of aryl methyl sites for hydroxylation is 3. The Hall–Kier alpha value is -7.05. The molecule has 2 N–H and O–H groups in total. The minimum Gasteiger partial charge on any atom is -0.462 e. The first-order valence-corrected chi connectivity index (χ1v) is 29.0. The number of rotatable bonds is 26. The number of carbonyl (C=O) groups is 1. The maximum Gasteiger partial charge on any atom is 0.338 e. The van der Waals surface area contributed by atoms with E-state index in [0.29, 0.717) is 12.2 Å². The molecule has 6 heteroatoms. The van der Waals surface area contributed by atoms with Crippen LogP contribution >= 0.6 is 0 Å².